The molecule has 2 aromatic rings. The number of pyridine rings is 1. The minimum Gasteiger partial charge on any atom is -0.481 e. The Morgan fingerprint density at radius 3 is 2.87 bits per heavy atom. The quantitative estimate of drug-likeness (QED) is 0.451. The van der Waals surface area contributed by atoms with E-state index in [1.807, 2.05) is 6.92 Å². The van der Waals surface area contributed by atoms with Crippen molar-refractivity contribution in [2.45, 2.75) is 52.0 Å². The van der Waals surface area contributed by atoms with Gasteiger partial charge in [0.2, 0.25) is 0 Å². The zero-order chi connectivity index (χ0) is 22.5. The molecule has 0 amide bonds. The van der Waals surface area contributed by atoms with Gasteiger partial charge in [-0.1, -0.05) is 19.8 Å². The van der Waals surface area contributed by atoms with Crippen molar-refractivity contribution in [3.8, 4) is 11.3 Å². The standard InChI is InChI=1S/C23H28F2N4O2/c1-4-6-14-7-5-8-19(20(14)23(30)31)29-22-17(25)9-10-18(28-22)16-12-27-21(26-3)15(16)11-13(2)24/h9-12,14,19-20,27H,3-8H2,1-2H3,(H,28,29)(H,30,31). The van der Waals surface area contributed by atoms with Crippen molar-refractivity contribution in [3.63, 3.8) is 0 Å². The molecule has 3 unspecified atom stereocenters. The average Bonchev–Trinajstić information content (AvgIpc) is 3.11. The number of carboxylic acids is 1. The molecule has 1 saturated carbocycles. The SMILES string of the molecule is C=Nc1[nH]cc(-c2ccc(F)c(NC3CCCC(CCC)C3C(=O)O)n2)c1C=C(C)F. The van der Waals surface area contributed by atoms with Crippen molar-refractivity contribution in [2.75, 3.05) is 5.32 Å². The molecular formula is C23H28F2N4O2. The summed E-state index contributed by atoms with van der Waals surface area (Å²) in [5.41, 5.74) is 1.42. The van der Waals surface area contributed by atoms with Crippen molar-refractivity contribution in [2.24, 2.45) is 16.8 Å². The summed E-state index contributed by atoms with van der Waals surface area (Å²) in [6.45, 7) is 6.83. The number of hydrogen-bond donors (Lipinski definition) is 3. The van der Waals surface area contributed by atoms with E-state index in [1.165, 1.54) is 25.1 Å². The number of nitrogens with one attached hydrogen (secondary N) is 2. The van der Waals surface area contributed by atoms with Gasteiger partial charge in [0, 0.05) is 23.4 Å². The molecule has 3 rings (SSSR count). The summed E-state index contributed by atoms with van der Waals surface area (Å²) in [6, 6.07) is 2.36. The highest BCUT2D eigenvalue weighted by Gasteiger charge is 2.38. The molecule has 8 heteroatoms. The minimum absolute atomic E-state index is 0.00730. The summed E-state index contributed by atoms with van der Waals surface area (Å²) in [6.07, 6.45) is 7.02. The number of aliphatic imine (C=N–C) groups is 1. The van der Waals surface area contributed by atoms with E-state index >= 15 is 0 Å². The maximum absolute atomic E-state index is 14.6. The molecule has 1 aliphatic rings. The fourth-order valence-electron chi connectivity index (χ4n) is 4.50. The number of hydrogen-bond acceptors (Lipinski definition) is 4. The van der Waals surface area contributed by atoms with E-state index in [-0.39, 0.29) is 11.7 Å². The Morgan fingerprint density at radius 2 is 2.23 bits per heavy atom. The molecule has 0 bridgehead atoms. The van der Waals surface area contributed by atoms with Gasteiger partial charge in [-0.15, -0.1) is 0 Å². The Balaban J connectivity index is 1.95. The Labute approximate surface area is 180 Å². The Hall–Kier alpha value is -3.03. The van der Waals surface area contributed by atoms with Gasteiger partial charge in [0.05, 0.1) is 17.4 Å². The molecule has 1 aliphatic carbocycles. The second-order valence-electron chi connectivity index (χ2n) is 7.98. The summed E-state index contributed by atoms with van der Waals surface area (Å²) in [5, 5.41) is 12.9. The van der Waals surface area contributed by atoms with Crippen LogP contribution >= 0.6 is 0 Å². The Bertz CT molecular complexity index is 980. The van der Waals surface area contributed by atoms with Crippen molar-refractivity contribution in [3.05, 3.63) is 35.5 Å². The number of carbonyl (C=O) groups is 1. The van der Waals surface area contributed by atoms with Crippen LogP contribution in [0.1, 0.15) is 51.5 Å². The van der Waals surface area contributed by atoms with Crippen LogP contribution in [0.3, 0.4) is 0 Å². The molecular weight excluding hydrogens is 402 g/mol. The highest BCUT2D eigenvalue weighted by Crippen LogP contribution is 2.37. The van der Waals surface area contributed by atoms with Crippen LogP contribution in [0.25, 0.3) is 17.3 Å². The first-order valence-electron chi connectivity index (χ1n) is 10.5. The topological polar surface area (TPSA) is 90.4 Å². The molecule has 0 spiro atoms. The van der Waals surface area contributed by atoms with Gasteiger partial charge >= 0.3 is 5.97 Å². The first-order chi connectivity index (χ1) is 14.8. The number of aromatic amines is 1. The summed E-state index contributed by atoms with van der Waals surface area (Å²) >= 11 is 0. The van der Waals surface area contributed by atoms with E-state index in [1.54, 1.807) is 6.20 Å². The average molecular weight is 430 g/mol. The van der Waals surface area contributed by atoms with E-state index in [4.69, 9.17) is 0 Å². The minimum atomic E-state index is -0.870. The third-order valence-electron chi connectivity index (χ3n) is 5.82. The molecule has 2 heterocycles. The van der Waals surface area contributed by atoms with Crippen LogP contribution in [0, 0.1) is 17.7 Å². The van der Waals surface area contributed by atoms with Crippen LogP contribution in [0.2, 0.25) is 0 Å². The van der Waals surface area contributed by atoms with Crippen LogP contribution in [0.4, 0.5) is 20.4 Å². The number of nitrogens with zero attached hydrogens (tertiary/aromatic N) is 2. The highest BCUT2D eigenvalue weighted by molar-refractivity contribution is 5.81. The van der Waals surface area contributed by atoms with Crippen molar-refractivity contribution < 1.29 is 18.7 Å². The van der Waals surface area contributed by atoms with Gasteiger partial charge in [-0.05, 0) is 57.0 Å². The number of aliphatic carboxylic acids is 1. The predicted octanol–water partition coefficient (Wildman–Crippen LogP) is 5.96. The summed E-state index contributed by atoms with van der Waals surface area (Å²) in [5.74, 6) is -2.03. The first-order valence-corrected chi connectivity index (χ1v) is 10.5. The van der Waals surface area contributed by atoms with E-state index in [2.05, 4.69) is 27.0 Å². The number of anilines is 1. The van der Waals surface area contributed by atoms with E-state index < -0.39 is 29.6 Å². The van der Waals surface area contributed by atoms with Gasteiger partial charge in [0.25, 0.3) is 0 Å². The van der Waals surface area contributed by atoms with Crippen LogP contribution < -0.4 is 5.32 Å². The van der Waals surface area contributed by atoms with E-state index in [0.717, 1.165) is 25.7 Å². The number of halogens is 2. The molecule has 31 heavy (non-hydrogen) atoms. The van der Waals surface area contributed by atoms with Gasteiger partial charge in [-0.25, -0.2) is 18.8 Å². The molecule has 0 radical (unpaired) electrons. The normalized spacial score (nSPS) is 21.7. The van der Waals surface area contributed by atoms with Crippen molar-refractivity contribution in [1.82, 2.24) is 9.97 Å². The summed E-state index contributed by atoms with van der Waals surface area (Å²) < 4.78 is 28.2. The number of allylic oxidation sites excluding steroid dienone is 1. The van der Waals surface area contributed by atoms with Gasteiger partial charge in [0.15, 0.2) is 11.6 Å². The second-order valence-corrected chi connectivity index (χ2v) is 7.98. The van der Waals surface area contributed by atoms with Gasteiger partial charge in [0.1, 0.15) is 5.82 Å². The largest absolute Gasteiger partial charge is 0.481 e. The molecule has 1 fully saturated rings. The lowest BCUT2D eigenvalue weighted by Gasteiger charge is -2.36. The lowest BCUT2D eigenvalue weighted by atomic mass is 9.74. The molecule has 6 nitrogen and oxygen atoms in total. The maximum Gasteiger partial charge on any atom is 0.308 e. The molecule has 0 saturated heterocycles. The smallest absolute Gasteiger partial charge is 0.308 e. The molecule has 166 valence electrons. The monoisotopic (exact) mass is 430 g/mol. The molecule has 3 N–H and O–H groups in total. The van der Waals surface area contributed by atoms with E-state index in [9.17, 15) is 18.7 Å². The molecule has 2 aromatic heterocycles. The zero-order valence-corrected chi connectivity index (χ0v) is 17.8. The predicted molar refractivity (Wildman–Crippen MR) is 119 cm³/mol. The maximum atomic E-state index is 14.6. The van der Waals surface area contributed by atoms with Gasteiger partial charge in [-0.3, -0.25) is 4.79 Å². The first kappa shape index (κ1) is 22.7. The summed E-state index contributed by atoms with van der Waals surface area (Å²) in [7, 11) is 0. The number of H-pyrrole nitrogens is 1. The lowest BCUT2D eigenvalue weighted by molar-refractivity contribution is -0.145. The molecule has 0 aromatic carbocycles. The number of carboxylic acid groups (broad SMARTS) is 1. The number of aromatic nitrogens is 2. The fourth-order valence-corrected chi connectivity index (χ4v) is 4.50. The fraction of sp³-hybridized carbons (Fsp3) is 0.435. The number of rotatable bonds is 8. The third kappa shape index (κ3) is 5.00. The van der Waals surface area contributed by atoms with Gasteiger partial charge in [-0.2, -0.15) is 0 Å². The molecule has 0 aliphatic heterocycles. The Morgan fingerprint density at radius 1 is 1.45 bits per heavy atom. The second kappa shape index (κ2) is 9.85. The van der Waals surface area contributed by atoms with Crippen LogP contribution in [-0.2, 0) is 4.79 Å². The van der Waals surface area contributed by atoms with Crippen molar-refractivity contribution >= 4 is 30.4 Å². The van der Waals surface area contributed by atoms with Gasteiger partial charge < -0.3 is 15.4 Å². The lowest BCUT2D eigenvalue weighted by Crippen LogP contribution is -2.43. The third-order valence-corrected chi connectivity index (χ3v) is 5.82. The van der Waals surface area contributed by atoms with E-state index in [0.29, 0.717) is 29.1 Å². The Kier molecular flexibility index (Phi) is 7.20. The molecule has 3 atom stereocenters. The zero-order valence-electron chi connectivity index (χ0n) is 17.8. The van der Waals surface area contributed by atoms with Crippen LogP contribution in [0.15, 0.2) is 29.1 Å². The summed E-state index contributed by atoms with van der Waals surface area (Å²) in [4.78, 5) is 23.2. The van der Waals surface area contributed by atoms with Crippen LogP contribution in [-0.4, -0.2) is 33.8 Å². The van der Waals surface area contributed by atoms with Crippen LogP contribution in [0.5, 0.6) is 0 Å². The van der Waals surface area contributed by atoms with Crippen molar-refractivity contribution in [1.29, 1.82) is 0 Å². The highest BCUT2D eigenvalue weighted by atomic mass is 19.1.